The number of halogens is 2. The third-order valence-electron chi connectivity index (χ3n) is 1.81. The van der Waals surface area contributed by atoms with E-state index in [-0.39, 0.29) is 16.4 Å². The van der Waals surface area contributed by atoms with Gasteiger partial charge in [0.05, 0.1) is 5.02 Å². The van der Waals surface area contributed by atoms with Crippen LogP contribution in [0.15, 0.2) is 18.2 Å². The van der Waals surface area contributed by atoms with Crippen molar-refractivity contribution < 1.29 is 4.39 Å². The number of hydrogen-bond acceptors (Lipinski definition) is 1. The molecule has 0 atom stereocenters. The minimum absolute atomic E-state index is 0.0564. The van der Waals surface area contributed by atoms with E-state index in [2.05, 4.69) is 26.1 Å². The first-order valence-electron chi connectivity index (χ1n) is 4.57. The molecule has 0 bridgehead atoms. The molecule has 0 aromatic heterocycles. The lowest BCUT2D eigenvalue weighted by atomic mass is 10.1. The topological polar surface area (TPSA) is 12.0 Å². The SMILES string of the molecule is CC(C)(C)NCc1ccc(F)c(Cl)c1. The molecule has 1 N–H and O–H groups in total. The molecule has 0 spiro atoms. The highest BCUT2D eigenvalue weighted by atomic mass is 35.5. The molecular formula is C11H15ClFN. The molecule has 0 aliphatic carbocycles. The van der Waals surface area contributed by atoms with Crippen molar-refractivity contribution in [3.63, 3.8) is 0 Å². The summed E-state index contributed by atoms with van der Waals surface area (Å²) >= 11 is 5.66. The molecule has 0 unspecified atom stereocenters. The van der Waals surface area contributed by atoms with Crippen LogP contribution >= 0.6 is 11.6 Å². The summed E-state index contributed by atoms with van der Waals surface area (Å²) in [6.45, 7) is 6.94. The second-order valence-corrected chi connectivity index (χ2v) is 4.76. The molecular weight excluding hydrogens is 201 g/mol. The first kappa shape index (κ1) is 11.5. The van der Waals surface area contributed by atoms with Crippen LogP contribution in [0.25, 0.3) is 0 Å². The van der Waals surface area contributed by atoms with Crippen molar-refractivity contribution in [3.05, 3.63) is 34.6 Å². The molecule has 1 aromatic carbocycles. The Morgan fingerprint density at radius 3 is 2.50 bits per heavy atom. The van der Waals surface area contributed by atoms with Gasteiger partial charge in [0, 0.05) is 12.1 Å². The lowest BCUT2D eigenvalue weighted by Gasteiger charge is -2.20. The van der Waals surface area contributed by atoms with Crippen LogP contribution < -0.4 is 5.32 Å². The van der Waals surface area contributed by atoms with E-state index in [1.165, 1.54) is 6.07 Å². The molecule has 1 rings (SSSR count). The summed E-state index contributed by atoms with van der Waals surface area (Å²) in [6, 6.07) is 4.78. The summed E-state index contributed by atoms with van der Waals surface area (Å²) in [5.74, 6) is -0.369. The van der Waals surface area contributed by atoms with E-state index in [1.807, 2.05) is 0 Å². The Labute approximate surface area is 89.3 Å². The summed E-state index contributed by atoms with van der Waals surface area (Å²) in [4.78, 5) is 0. The largest absolute Gasteiger partial charge is 0.308 e. The molecule has 0 saturated carbocycles. The van der Waals surface area contributed by atoms with Crippen molar-refractivity contribution in [1.29, 1.82) is 0 Å². The Morgan fingerprint density at radius 1 is 1.36 bits per heavy atom. The fourth-order valence-corrected chi connectivity index (χ4v) is 1.22. The summed E-state index contributed by atoms with van der Waals surface area (Å²) in [7, 11) is 0. The molecule has 0 aliphatic heterocycles. The number of hydrogen-bond donors (Lipinski definition) is 1. The summed E-state index contributed by atoms with van der Waals surface area (Å²) in [5, 5.41) is 3.48. The Balaban J connectivity index is 2.65. The van der Waals surface area contributed by atoms with Gasteiger partial charge < -0.3 is 5.32 Å². The van der Waals surface area contributed by atoms with Gasteiger partial charge in [-0.3, -0.25) is 0 Å². The van der Waals surface area contributed by atoms with Crippen LogP contribution in [0, 0.1) is 5.82 Å². The molecule has 14 heavy (non-hydrogen) atoms. The van der Waals surface area contributed by atoms with Crippen LogP contribution in [0.3, 0.4) is 0 Å². The molecule has 0 aliphatic rings. The van der Waals surface area contributed by atoms with Crippen molar-refractivity contribution in [2.75, 3.05) is 0 Å². The van der Waals surface area contributed by atoms with E-state index in [1.54, 1.807) is 12.1 Å². The van der Waals surface area contributed by atoms with Gasteiger partial charge >= 0.3 is 0 Å². The lowest BCUT2D eigenvalue weighted by Crippen LogP contribution is -2.35. The number of nitrogens with one attached hydrogen (secondary N) is 1. The molecule has 0 saturated heterocycles. The first-order valence-corrected chi connectivity index (χ1v) is 4.95. The summed E-state index contributed by atoms with van der Waals surface area (Å²) < 4.78 is 12.8. The highest BCUT2D eigenvalue weighted by molar-refractivity contribution is 6.30. The Bertz CT molecular complexity index is 318. The van der Waals surface area contributed by atoms with Crippen LogP contribution in [0.1, 0.15) is 26.3 Å². The van der Waals surface area contributed by atoms with Crippen molar-refractivity contribution in [2.45, 2.75) is 32.9 Å². The third-order valence-corrected chi connectivity index (χ3v) is 2.10. The van der Waals surface area contributed by atoms with Crippen molar-refractivity contribution in [3.8, 4) is 0 Å². The Hall–Kier alpha value is -0.600. The zero-order valence-electron chi connectivity index (χ0n) is 8.70. The van der Waals surface area contributed by atoms with Crippen LogP contribution in [0.4, 0.5) is 4.39 Å². The van der Waals surface area contributed by atoms with Crippen LogP contribution in [-0.2, 0) is 6.54 Å². The second kappa shape index (κ2) is 4.28. The van der Waals surface area contributed by atoms with Crippen molar-refractivity contribution >= 4 is 11.6 Å². The van der Waals surface area contributed by atoms with Gasteiger partial charge in [0.2, 0.25) is 0 Å². The molecule has 0 amide bonds. The van der Waals surface area contributed by atoms with E-state index in [0.717, 1.165) is 5.56 Å². The zero-order valence-corrected chi connectivity index (χ0v) is 9.45. The van der Waals surface area contributed by atoms with Gasteiger partial charge in [-0.15, -0.1) is 0 Å². The van der Waals surface area contributed by atoms with Gasteiger partial charge in [-0.2, -0.15) is 0 Å². The Morgan fingerprint density at radius 2 is 2.00 bits per heavy atom. The lowest BCUT2D eigenvalue weighted by molar-refractivity contribution is 0.424. The highest BCUT2D eigenvalue weighted by Crippen LogP contribution is 2.16. The van der Waals surface area contributed by atoms with Gasteiger partial charge in [0.15, 0.2) is 0 Å². The van der Waals surface area contributed by atoms with Gasteiger partial charge in [-0.25, -0.2) is 4.39 Å². The average molecular weight is 216 g/mol. The predicted octanol–water partition coefficient (Wildman–Crippen LogP) is 3.37. The van der Waals surface area contributed by atoms with Crippen molar-refractivity contribution in [1.82, 2.24) is 5.32 Å². The van der Waals surface area contributed by atoms with E-state index in [0.29, 0.717) is 6.54 Å². The van der Waals surface area contributed by atoms with E-state index in [4.69, 9.17) is 11.6 Å². The van der Waals surface area contributed by atoms with Gasteiger partial charge in [0.25, 0.3) is 0 Å². The molecule has 0 radical (unpaired) electrons. The number of rotatable bonds is 2. The minimum atomic E-state index is -0.369. The molecule has 78 valence electrons. The molecule has 0 heterocycles. The van der Waals surface area contributed by atoms with Gasteiger partial charge in [0.1, 0.15) is 5.82 Å². The quantitative estimate of drug-likeness (QED) is 0.798. The second-order valence-electron chi connectivity index (χ2n) is 4.35. The smallest absolute Gasteiger partial charge is 0.141 e. The first-order chi connectivity index (χ1) is 6.38. The maximum absolute atomic E-state index is 12.8. The van der Waals surface area contributed by atoms with Crippen LogP contribution in [0.2, 0.25) is 5.02 Å². The van der Waals surface area contributed by atoms with Gasteiger partial charge in [-0.05, 0) is 38.5 Å². The summed E-state index contributed by atoms with van der Waals surface area (Å²) in [5.41, 5.74) is 1.05. The highest BCUT2D eigenvalue weighted by Gasteiger charge is 2.08. The van der Waals surface area contributed by atoms with Crippen molar-refractivity contribution in [2.24, 2.45) is 0 Å². The standard InChI is InChI=1S/C11H15ClFN/c1-11(2,3)14-7-8-4-5-10(13)9(12)6-8/h4-6,14H,7H2,1-3H3. The normalized spacial score (nSPS) is 11.8. The molecule has 1 aromatic rings. The van der Waals surface area contributed by atoms with E-state index >= 15 is 0 Å². The zero-order chi connectivity index (χ0) is 10.8. The molecule has 3 heteroatoms. The van der Waals surface area contributed by atoms with Crippen LogP contribution in [-0.4, -0.2) is 5.54 Å². The predicted molar refractivity (Wildman–Crippen MR) is 58.0 cm³/mol. The maximum atomic E-state index is 12.8. The van der Waals surface area contributed by atoms with E-state index < -0.39 is 0 Å². The third kappa shape index (κ3) is 3.64. The monoisotopic (exact) mass is 215 g/mol. The van der Waals surface area contributed by atoms with E-state index in [9.17, 15) is 4.39 Å². The fourth-order valence-electron chi connectivity index (χ4n) is 1.02. The maximum Gasteiger partial charge on any atom is 0.141 e. The average Bonchev–Trinajstić information content (AvgIpc) is 2.06. The Kier molecular flexibility index (Phi) is 3.51. The minimum Gasteiger partial charge on any atom is -0.308 e. The molecule has 0 fully saturated rings. The van der Waals surface area contributed by atoms with Gasteiger partial charge in [-0.1, -0.05) is 17.7 Å². The fraction of sp³-hybridized carbons (Fsp3) is 0.455. The van der Waals surface area contributed by atoms with Crippen LogP contribution in [0.5, 0.6) is 0 Å². The molecule has 1 nitrogen and oxygen atoms in total. The number of benzene rings is 1. The summed E-state index contributed by atoms with van der Waals surface area (Å²) in [6.07, 6.45) is 0.